The number of hydrogen-bond donors (Lipinski definition) is 1. The fourth-order valence-corrected chi connectivity index (χ4v) is 2.48. The van der Waals surface area contributed by atoms with E-state index in [4.69, 9.17) is 9.47 Å². The Balaban J connectivity index is 0.000000271. The molecule has 2 aromatic carbocycles. The maximum absolute atomic E-state index is 11.6. The summed E-state index contributed by atoms with van der Waals surface area (Å²) >= 11 is 0. The summed E-state index contributed by atoms with van der Waals surface area (Å²) in [5.41, 5.74) is 4.80. The molecular formula is C22H30N2O3. The van der Waals surface area contributed by atoms with E-state index in [1.165, 1.54) is 0 Å². The standard InChI is InChI=1S/C11H15NO2.C11H15NO/c1-8-7-9(11(13)12(2)3)5-6-10(8)14-4;1-8-7-10(9(2)12-3)5-6-11(8)13-4/h5-7H,1-4H3;5-7,12H,2H2,1,3-4H3. The van der Waals surface area contributed by atoms with E-state index in [0.29, 0.717) is 5.56 Å². The number of rotatable bonds is 5. The molecule has 1 amide bonds. The Morgan fingerprint density at radius 2 is 1.37 bits per heavy atom. The van der Waals surface area contributed by atoms with Gasteiger partial charge >= 0.3 is 0 Å². The summed E-state index contributed by atoms with van der Waals surface area (Å²) in [5.74, 6) is 1.73. The van der Waals surface area contributed by atoms with Gasteiger partial charge in [-0.15, -0.1) is 0 Å². The number of carbonyl (C=O) groups is 1. The van der Waals surface area contributed by atoms with Gasteiger partial charge in [0, 0.05) is 32.4 Å². The fraction of sp³-hybridized carbons (Fsp3) is 0.318. The predicted octanol–water partition coefficient (Wildman–Crippen LogP) is 3.90. The van der Waals surface area contributed by atoms with E-state index in [1.807, 2.05) is 45.2 Å². The molecule has 146 valence electrons. The van der Waals surface area contributed by atoms with E-state index in [0.717, 1.165) is 33.9 Å². The van der Waals surface area contributed by atoms with Gasteiger partial charge in [-0.1, -0.05) is 6.58 Å². The van der Waals surface area contributed by atoms with Crippen LogP contribution in [0.25, 0.3) is 5.70 Å². The second-order valence-electron chi connectivity index (χ2n) is 6.30. The number of carbonyl (C=O) groups excluding carboxylic acids is 1. The molecule has 27 heavy (non-hydrogen) atoms. The highest BCUT2D eigenvalue weighted by molar-refractivity contribution is 5.94. The molecule has 0 heterocycles. The molecule has 1 N–H and O–H groups in total. The maximum Gasteiger partial charge on any atom is 0.253 e. The second-order valence-corrected chi connectivity index (χ2v) is 6.30. The lowest BCUT2D eigenvalue weighted by molar-refractivity contribution is 0.0827. The van der Waals surface area contributed by atoms with Crippen LogP contribution in [0.3, 0.4) is 0 Å². The minimum absolute atomic E-state index is 0.00996. The van der Waals surface area contributed by atoms with Gasteiger partial charge in [0.2, 0.25) is 0 Å². The van der Waals surface area contributed by atoms with Crippen LogP contribution < -0.4 is 14.8 Å². The zero-order valence-electron chi connectivity index (χ0n) is 17.3. The number of ether oxygens (including phenoxy) is 2. The highest BCUT2D eigenvalue weighted by Gasteiger charge is 2.09. The molecule has 0 radical (unpaired) electrons. The van der Waals surface area contributed by atoms with Crippen LogP contribution >= 0.6 is 0 Å². The molecule has 0 saturated heterocycles. The van der Waals surface area contributed by atoms with Gasteiger partial charge in [-0.3, -0.25) is 4.79 Å². The largest absolute Gasteiger partial charge is 0.496 e. The van der Waals surface area contributed by atoms with Crippen molar-refractivity contribution in [1.29, 1.82) is 0 Å². The molecule has 0 saturated carbocycles. The highest BCUT2D eigenvalue weighted by atomic mass is 16.5. The van der Waals surface area contributed by atoms with Gasteiger partial charge in [0.25, 0.3) is 5.91 Å². The van der Waals surface area contributed by atoms with Crippen molar-refractivity contribution in [3.8, 4) is 11.5 Å². The van der Waals surface area contributed by atoms with Crippen LogP contribution in [0.4, 0.5) is 0 Å². The molecule has 0 atom stereocenters. The monoisotopic (exact) mass is 370 g/mol. The van der Waals surface area contributed by atoms with Crippen molar-refractivity contribution in [1.82, 2.24) is 10.2 Å². The molecule has 0 aromatic heterocycles. The van der Waals surface area contributed by atoms with Crippen LogP contribution in [0, 0.1) is 13.8 Å². The zero-order valence-corrected chi connectivity index (χ0v) is 17.3. The first kappa shape index (κ1) is 22.1. The SMILES string of the molecule is C=C(NC)c1ccc(OC)c(C)c1.COc1ccc(C(=O)N(C)C)cc1C. The van der Waals surface area contributed by atoms with Crippen LogP contribution in [0.2, 0.25) is 0 Å². The first-order valence-corrected chi connectivity index (χ1v) is 8.63. The van der Waals surface area contributed by atoms with Crippen LogP contribution in [-0.4, -0.2) is 46.2 Å². The molecular weight excluding hydrogens is 340 g/mol. The molecule has 0 aliphatic carbocycles. The number of nitrogens with one attached hydrogen (secondary N) is 1. The van der Waals surface area contributed by atoms with Gasteiger partial charge in [0.15, 0.2) is 0 Å². The Bertz CT molecular complexity index is 798. The summed E-state index contributed by atoms with van der Waals surface area (Å²) < 4.78 is 10.3. The van der Waals surface area contributed by atoms with E-state index >= 15 is 0 Å². The quantitative estimate of drug-likeness (QED) is 0.867. The van der Waals surface area contributed by atoms with E-state index < -0.39 is 0 Å². The number of nitrogens with zero attached hydrogens (tertiary/aromatic N) is 1. The van der Waals surface area contributed by atoms with Gasteiger partial charge in [0.1, 0.15) is 11.5 Å². The first-order valence-electron chi connectivity index (χ1n) is 8.63. The van der Waals surface area contributed by atoms with Crippen molar-refractivity contribution < 1.29 is 14.3 Å². The van der Waals surface area contributed by atoms with Gasteiger partial charge in [-0.25, -0.2) is 0 Å². The number of aryl methyl sites for hydroxylation is 2. The third-order valence-corrected chi connectivity index (χ3v) is 4.09. The third-order valence-electron chi connectivity index (χ3n) is 4.09. The third kappa shape index (κ3) is 6.06. The number of methoxy groups -OCH3 is 2. The Labute approximate surface area is 162 Å². The molecule has 0 aliphatic rings. The minimum atomic E-state index is 0.00996. The topological polar surface area (TPSA) is 50.8 Å². The van der Waals surface area contributed by atoms with Gasteiger partial charge in [-0.05, 0) is 66.9 Å². The summed E-state index contributed by atoms with van der Waals surface area (Å²) in [6.45, 7) is 7.83. The summed E-state index contributed by atoms with van der Waals surface area (Å²) in [4.78, 5) is 13.1. The summed E-state index contributed by atoms with van der Waals surface area (Å²) in [7, 11) is 8.64. The van der Waals surface area contributed by atoms with E-state index in [-0.39, 0.29) is 5.91 Å². The predicted molar refractivity (Wildman–Crippen MR) is 112 cm³/mol. The normalized spacial score (nSPS) is 9.59. The number of amides is 1. The van der Waals surface area contributed by atoms with Gasteiger partial charge < -0.3 is 19.7 Å². The summed E-state index contributed by atoms with van der Waals surface area (Å²) in [5, 5.41) is 3.01. The van der Waals surface area contributed by atoms with Crippen molar-refractivity contribution in [3.05, 3.63) is 65.2 Å². The van der Waals surface area contributed by atoms with Crippen molar-refractivity contribution in [2.24, 2.45) is 0 Å². The van der Waals surface area contributed by atoms with Crippen molar-refractivity contribution in [2.45, 2.75) is 13.8 Å². The maximum atomic E-state index is 11.6. The molecule has 0 unspecified atom stereocenters. The zero-order chi connectivity index (χ0) is 20.6. The second kappa shape index (κ2) is 10.3. The number of hydrogen-bond acceptors (Lipinski definition) is 4. The molecule has 0 bridgehead atoms. The minimum Gasteiger partial charge on any atom is -0.496 e. The fourth-order valence-electron chi connectivity index (χ4n) is 2.48. The lowest BCUT2D eigenvalue weighted by Gasteiger charge is -2.11. The Kier molecular flexibility index (Phi) is 8.39. The average molecular weight is 370 g/mol. The van der Waals surface area contributed by atoms with Gasteiger partial charge in [0.05, 0.1) is 14.2 Å². The Morgan fingerprint density at radius 1 is 0.926 bits per heavy atom. The van der Waals surface area contributed by atoms with Crippen molar-refractivity contribution in [2.75, 3.05) is 35.4 Å². The smallest absolute Gasteiger partial charge is 0.253 e. The molecule has 0 aliphatic heterocycles. The van der Waals surface area contributed by atoms with Crippen LogP contribution in [0.15, 0.2) is 43.0 Å². The van der Waals surface area contributed by atoms with Crippen molar-refractivity contribution in [3.63, 3.8) is 0 Å². The molecule has 2 aromatic rings. The Hall–Kier alpha value is -2.95. The average Bonchev–Trinajstić information content (AvgIpc) is 2.66. The van der Waals surface area contributed by atoms with E-state index in [2.05, 4.69) is 18.0 Å². The van der Waals surface area contributed by atoms with E-state index in [1.54, 1.807) is 39.3 Å². The van der Waals surface area contributed by atoms with Crippen LogP contribution in [-0.2, 0) is 0 Å². The molecule has 0 spiro atoms. The molecule has 0 fully saturated rings. The highest BCUT2D eigenvalue weighted by Crippen LogP contribution is 2.21. The lowest BCUT2D eigenvalue weighted by Crippen LogP contribution is -2.21. The van der Waals surface area contributed by atoms with Crippen LogP contribution in [0.1, 0.15) is 27.0 Å². The molecule has 5 nitrogen and oxygen atoms in total. The first-order chi connectivity index (χ1) is 12.7. The van der Waals surface area contributed by atoms with Crippen molar-refractivity contribution >= 4 is 11.6 Å². The van der Waals surface area contributed by atoms with E-state index in [9.17, 15) is 4.79 Å². The van der Waals surface area contributed by atoms with Crippen LogP contribution in [0.5, 0.6) is 11.5 Å². The molecule has 5 heteroatoms. The lowest BCUT2D eigenvalue weighted by atomic mass is 10.1. The van der Waals surface area contributed by atoms with Gasteiger partial charge in [-0.2, -0.15) is 0 Å². The summed E-state index contributed by atoms with van der Waals surface area (Å²) in [6.07, 6.45) is 0. The Morgan fingerprint density at radius 3 is 1.74 bits per heavy atom. The summed E-state index contributed by atoms with van der Waals surface area (Å²) in [6, 6.07) is 11.4. The number of benzene rings is 2. The molecule has 2 rings (SSSR count).